The van der Waals surface area contributed by atoms with Crippen LogP contribution in [-0.4, -0.2) is 18.0 Å². The van der Waals surface area contributed by atoms with Crippen LogP contribution >= 0.6 is 0 Å². The largest absolute Gasteiger partial charge is 0.507 e. The van der Waals surface area contributed by atoms with Gasteiger partial charge in [0.1, 0.15) is 11.5 Å². The summed E-state index contributed by atoms with van der Waals surface area (Å²) in [6.45, 7) is 11.8. The molecule has 192 valence electrons. The Morgan fingerprint density at radius 3 is 1.78 bits per heavy atom. The normalized spacial score (nSPS) is 13.4. The van der Waals surface area contributed by atoms with Gasteiger partial charge in [-0.05, 0) is 57.3 Å². The number of benzene rings is 3. The molecular formula is C30H33F3O3. The summed E-state index contributed by atoms with van der Waals surface area (Å²) in [6.07, 6.45) is -4.57. The molecule has 0 aliphatic heterocycles. The number of Topliss-reactive ketones (excluding diaryl/α,β-unsaturated/α-hetero) is 1. The van der Waals surface area contributed by atoms with Crippen LogP contribution in [0.2, 0.25) is 0 Å². The summed E-state index contributed by atoms with van der Waals surface area (Å²) in [5, 5.41) is 11.2. The van der Waals surface area contributed by atoms with E-state index in [0.717, 1.165) is 12.1 Å². The Morgan fingerprint density at radius 2 is 1.33 bits per heavy atom. The number of rotatable bonds is 5. The number of alkyl halides is 3. The van der Waals surface area contributed by atoms with E-state index in [2.05, 4.69) is 0 Å². The van der Waals surface area contributed by atoms with Gasteiger partial charge >= 0.3 is 6.18 Å². The average Bonchev–Trinajstić information content (AvgIpc) is 2.78. The standard InChI is InChI=1S/C30H33F3O3/c1-28(2,3)23-16-20(17-24(27(23)35)29(4,5)6)25(18-11-13-22(36-7)14-12-18)26(34)19-9-8-10-21(15-19)30(31,32)33/h8-17,25,35H,1-7H3. The maximum absolute atomic E-state index is 13.9. The maximum Gasteiger partial charge on any atom is 0.416 e. The Bertz CT molecular complexity index is 1210. The van der Waals surface area contributed by atoms with Gasteiger partial charge in [-0.1, -0.05) is 77.9 Å². The van der Waals surface area contributed by atoms with Crippen LogP contribution in [0.5, 0.6) is 11.5 Å². The highest BCUT2D eigenvalue weighted by Gasteiger charge is 2.34. The topological polar surface area (TPSA) is 46.5 Å². The van der Waals surface area contributed by atoms with Gasteiger partial charge in [-0.25, -0.2) is 0 Å². The van der Waals surface area contributed by atoms with Crippen molar-refractivity contribution >= 4 is 5.78 Å². The van der Waals surface area contributed by atoms with E-state index in [-0.39, 0.29) is 11.3 Å². The summed E-state index contributed by atoms with van der Waals surface area (Å²) in [4.78, 5) is 13.9. The van der Waals surface area contributed by atoms with Gasteiger partial charge in [0.2, 0.25) is 0 Å². The van der Waals surface area contributed by atoms with Crippen LogP contribution in [0.3, 0.4) is 0 Å². The fourth-order valence-corrected chi connectivity index (χ4v) is 4.27. The van der Waals surface area contributed by atoms with Gasteiger partial charge in [0.15, 0.2) is 5.78 Å². The number of methoxy groups -OCH3 is 1. The Labute approximate surface area is 210 Å². The highest BCUT2D eigenvalue weighted by atomic mass is 19.4. The number of carbonyl (C=O) groups excluding carboxylic acids is 1. The Morgan fingerprint density at radius 1 is 0.806 bits per heavy atom. The molecule has 0 aromatic heterocycles. The lowest BCUT2D eigenvalue weighted by molar-refractivity contribution is -0.137. The molecule has 3 aromatic carbocycles. The number of aromatic hydroxyl groups is 1. The summed E-state index contributed by atoms with van der Waals surface area (Å²) in [7, 11) is 1.53. The minimum absolute atomic E-state index is 0.0339. The quantitative estimate of drug-likeness (QED) is 0.362. The molecule has 3 rings (SSSR count). The maximum atomic E-state index is 13.9. The summed E-state index contributed by atoms with van der Waals surface area (Å²) in [6, 6.07) is 15.0. The lowest BCUT2D eigenvalue weighted by atomic mass is 9.75. The first-order valence-corrected chi connectivity index (χ1v) is 11.8. The number of ketones is 1. The zero-order chi connectivity index (χ0) is 27.1. The fourth-order valence-electron chi connectivity index (χ4n) is 4.27. The molecule has 6 heteroatoms. The lowest BCUT2D eigenvalue weighted by Gasteiger charge is -2.30. The van der Waals surface area contributed by atoms with Crippen LogP contribution in [0.1, 0.15) is 85.6 Å². The molecule has 0 aliphatic carbocycles. The molecule has 0 bridgehead atoms. The molecule has 0 saturated heterocycles. The Kier molecular flexibility index (Phi) is 7.31. The summed E-state index contributed by atoms with van der Waals surface area (Å²) in [5.74, 6) is -0.585. The van der Waals surface area contributed by atoms with Crippen molar-refractivity contribution in [2.24, 2.45) is 0 Å². The van der Waals surface area contributed by atoms with Gasteiger partial charge < -0.3 is 9.84 Å². The zero-order valence-corrected chi connectivity index (χ0v) is 21.7. The van der Waals surface area contributed by atoms with E-state index in [1.165, 1.54) is 19.2 Å². The Hall–Kier alpha value is -3.28. The average molecular weight is 499 g/mol. The first kappa shape index (κ1) is 27.3. The fraction of sp³-hybridized carbons (Fsp3) is 0.367. The molecule has 3 aromatic rings. The number of halogens is 3. The highest BCUT2D eigenvalue weighted by molar-refractivity contribution is 6.03. The first-order valence-electron chi connectivity index (χ1n) is 11.8. The minimum Gasteiger partial charge on any atom is -0.507 e. The second-order valence-electron chi connectivity index (χ2n) is 11.1. The second kappa shape index (κ2) is 9.64. The van der Waals surface area contributed by atoms with Crippen molar-refractivity contribution in [1.29, 1.82) is 0 Å². The first-order chi connectivity index (χ1) is 16.5. The smallest absolute Gasteiger partial charge is 0.416 e. The zero-order valence-electron chi connectivity index (χ0n) is 21.7. The number of ether oxygens (including phenoxy) is 1. The van der Waals surface area contributed by atoms with Crippen LogP contribution in [0.4, 0.5) is 13.2 Å². The molecule has 1 unspecified atom stereocenters. The molecule has 0 amide bonds. The minimum atomic E-state index is -4.57. The van der Waals surface area contributed by atoms with Gasteiger partial charge in [-0.2, -0.15) is 13.2 Å². The van der Waals surface area contributed by atoms with Gasteiger partial charge in [0.25, 0.3) is 0 Å². The molecule has 0 aliphatic rings. The molecule has 3 nitrogen and oxygen atoms in total. The predicted molar refractivity (Wildman–Crippen MR) is 136 cm³/mol. The van der Waals surface area contributed by atoms with E-state index in [0.29, 0.717) is 28.0 Å². The van der Waals surface area contributed by atoms with Gasteiger partial charge in [0.05, 0.1) is 18.6 Å². The van der Waals surface area contributed by atoms with Gasteiger partial charge in [-0.15, -0.1) is 0 Å². The van der Waals surface area contributed by atoms with Crippen molar-refractivity contribution in [2.45, 2.75) is 64.5 Å². The number of carbonyl (C=O) groups is 1. The van der Waals surface area contributed by atoms with Crippen molar-refractivity contribution in [3.8, 4) is 11.5 Å². The van der Waals surface area contributed by atoms with Crippen LogP contribution in [-0.2, 0) is 17.0 Å². The van der Waals surface area contributed by atoms with Gasteiger partial charge in [-0.3, -0.25) is 4.79 Å². The van der Waals surface area contributed by atoms with E-state index < -0.39 is 34.3 Å². The molecule has 36 heavy (non-hydrogen) atoms. The molecule has 0 fully saturated rings. The number of phenolic OH excluding ortho intramolecular Hbond substituents is 1. The van der Waals surface area contributed by atoms with Crippen LogP contribution in [0.25, 0.3) is 0 Å². The van der Waals surface area contributed by atoms with E-state index >= 15 is 0 Å². The van der Waals surface area contributed by atoms with Crippen LogP contribution in [0, 0.1) is 0 Å². The van der Waals surface area contributed by atoms with Crippen LogP contribution in [0.15, 0.2) is 60.7 Å². The molecular weight excluding hydrogens is 465 g/mol. The van der Waals surface area contributed by atoms with Crippen molar-refractivity contribution in [3.05, 3.63) is 94.0 Å². The SMILES string of the molecule is COc1ccc(C(C(=O)c2cccc(C(F)(F)F)c2)c2cc(C(C)(C)C)c(O)c(C(C)(C)C)c2)cc1. The molecule has 1 atom stereocenters. The number of hydrogen-bond acceptors (Lipinski definition) is 3. The van der Waals surface area contributed by atoms with E-state index in [1.54, 1.807) is 36.4 Å². The van der Waals surface area contributed by atoms with Crippen molar-refractivity contribution in [3.63, 3.8) is 0 Å². The third-order valence-corrected chi connectivity index (χ3v) is 6.27. The summed E-state index contributed by atoms with van der Waals surface area (Å²) < 4.78 is 45.5. The molecule has 0 saturated carbocycles. The van der Waals surface area contributed by atoms with E-state index in [9.17, 15) is 23.1 Å². The Balaban J connectivity index is 2.31. The molecule has 1 N–H and O–H groups in total. The van der Waals surface area contributed by atoms with E-state index in [4.69, 9.17) is 4.74 Å². The van der Waals surface area contributed by atoms with E-state index in [1.807, 2.05) is 41.5 Å². The monoisotopic (exact) mass is 498 g/mol. The summed E-state index contributed by atoms with van der Waals surface area (Å²) >= 11 is 0. The molecule has 0 heterocycles. The predicted octanol–water partition coefficient (Wildman–Crippen LogP) is 8.03. The van der Waals surface area contributed by atoms with Gasteiger partial charge in [0, 0.05) is 5.56 Å². The lowest BCUT2D eigenvalue weighted by Crippen LogP contribution is -2.21. The highest BCUT2D eigenvalue weighted by Crippen LogP contribution is 2.43. The van der Waals surface area contributed by atoms with Crippen molar-refractivity contribution in [2.75, 3.05) is 7.11 Å². The second-order valence-corrected chi connectivity index (χ2v) is 11.1. The van der Waals surface area contributed by atoms with Crippen LogP contribution < -0.4 is 4.74 Å². The molecule has 0 radical (unpaired) electrons. The number of hydrogen-bond donors (Lipinski definition) is 1. The van der Waals surface area contributed by atoms with Crippen molar-refractivity contribution in [1.82, 2.24) is 0 Å². The van der Waals surface area contributed by atoms with Crippen molar-refractivity contribution < 1.29 is 27.8 Å². The third-order valence-electron chi connectivity index (χ3n) is 6.27. The summed E-state index contributed by atoms with van der Waals surface area (Å²) in [5.41, 5.74) is 0.763. The molecule has 0 spiro atoms. The third kappa shape index (κ3) is 5.75. The number of phenols is 1.